The van der Waals surface area contributed by atoms with Crippen molar-refractivity contribution >= 4 is 11.4 Å². The first kappa shape index (κ1) is 12.7. The van der Waals surface area contributed by atoms with Crippen molar-refractivity contribution < 1.29 is 17.3 Å². The van der Waals surface area contributed by atoms with Crippen LogP contribution in [0.25, 0.3) is 0 Å². The van der Waals surface area contributed by atoms with E-state index in [0.29, 0.717) is 19.3 Å². The van der Waals surface area contributed by atoms with E-state index in [1.165, 1.54) is 0 Å². The Hall–Kier alpha value is -0.780. The lowest BCUT2D eigenvalue weighted by atomic mass is 9.79. The van der Waals surface area contributed by atoms with E-state index in [9.17, 15) is 8.60 Å². The van der Waals surface area contributed by atoms with Gasteiger partial charge in [-0.15, -0.1) is 0 Å². The minimum absolute atomic E-state index is 0.142. The van der Waals surface area contributed by atoms with E-state index in [1.54, 1.807) is 0 Å². The number of benzene rings is 1. The molecule has 0 heterocycles. The molecule has 0 radical (unpaired) electrons. The average Bonchev–Trinajstić information content (AvgIpc) is 2.29. The maximum absolute atomic E-state index is 13.6. The topological polar surface area (TPSA) is 46.5 Å². The quantitative estimate of drug-likeness (QED) is 0.848. The highest BCUT2D eigenvalue weighted by Crippen LogP contribution is 2.42. The third kappa shape index (κ3) is 2.91. The summed E-state index contributed by atoms with van der Waals surface area (Å²) in [7, 11) is 0. The van der Waals surface area contributed by atoms with Crippen molar-refractivity contribution in [3.63, 3.8) is 0 Å². The number of halogens is 1. The summed E-state index contributed by atoms with van der Waals surface area (Å²) in [5.41, 5.74) is -0.191. The molecule has 0 amide bonds. The molecule has 0 aromatic heterocycles. The highest BCUT2D eigenvalue weighted by atomic mass is 32.2. The van der Waals surface area contributed by atoms with Crippen LogP contribution in [-0.4, -0.2) is 14.9 Å². The van der Waals surface area contributed by atoms with Crippen LogP contribution >= 0.6 is 0 Å². The maximum atomic E-state index is 13.6. The fraction of sp³-hybridized carbons (Fsp3) is 0.500. The van der Waals surface area contributed by atoms with E-state index in [2.05, 4.69) is 0 Å². The molecule has 5 heteroatoms. The Bertz CT molecular complexity index is 398. The van der Waals surface area contributed by atoms with Crippen LogP contribution in [-0.2, 0) is 21.1 Å². The third-order valence-corrected chi connectivity index (χ3v) is 3.64. The summed E-state index contributed by atoms with van der Waals surface area (Å²) in [6.45, 7) is 0. The predicted octanol–water partition coefficient (Wildman–Crippen LogP) is 2.95. The molecule has 1 aromatic rings. The molecule has 0 saturated heterocycles. The van der Waals surface area contributed by atoms with Crippen LogP contribution in [0.2, 0.25) is 0 Å². The van der Waals surface area contributed by atoms with Crippen LogP contribution in [0.15, 0.2) is 30.3 Å². The van der Waals surface area contributed by atoms with Gasteiger partial charge in [-0.05, 0) is 24.8 Å². The van der Waals surface area contributed by atoms with Crippen LogP contribution in [0, 0.1) is 0 Å². The largest absolute Gasteiger partial charge is 0.302 e. The zero-order valence-corrected chi connectivity index (χ0v) is 10.2. The lowest BCUT2D eigenvalue weighted by molar-refractivity contribution is -0.000316. The molecular weight excluding hydrogens is 243 g/mol. The van der Waals surface area contributed by atoms with Crippen molar-refractivity contribution in [1.29, 1.82) is 0 Å². The van der Waals surface area contributed by atoms with Gasteiger partial charge < -0.3 is 0 Å². The summed E-state index contributed by atoms with van der Waals surface area (Å²) in [5, 5.41) is 0. The minimum Gasteiger partial charge on any atom is -0.284 e. The Balaban J connectivity index is 2.32. The predicted molar refractivity (Wildman–Crippen MR) is 63.3 cm³/mol. The second kappa shape index (κ2) is 5.25. The Labute approximate surface area is 102 Å². The number of alkyl halides is 1. The normalized spacial score (nSPS) is 31.1. The van der Waals surface area contributed by atoms with Crippen molar-refractivity contribution in [2.45, 2.75) is 37.5 Å². The summed E-state index contributed by atoms with van der Waals surface area (Å²) in [6.07, 6.45) is 0.892. The van der Waals surface area contributed by atoms with Gasteiger partial charge in [-0.1, -0.05) is 30.3 Å². The van der Waals surface area contributed by atoms with Gasteiger partial charge in [0, 0.05) is 6.42 Å². The molecule has 3 atom stereocenters. The fourth-order valence-corrected chi connectivity index (χ4v) is 2.96. The first-order chi connectivity index (χ1) is 8.12. The first-order valence-corrected chi connectivity index (χ1v) is 6.65. The SMILES string of the molecule is O=S(O)OC1(c2ccccc2)CCCC(F)C1. The summed E-state index contributed by atoms with van der Waals surface area (Å²) in [6, 6.07) is 9.11. The molecule has 1 fully saturated rings. The molecule has 0 aliphatic heterocycles. The Kier molecular flexibility index (Phi) is 3.91. The van der Waals surface area contributed by atoms with E-state index in [4.69, 9.17) is 8.74 Å². The standard InChI is InChI=1S/C12H15FO3S/c13-11-7-4-8-12(9-11,16-17(14)15)10-5-2-1-3-6-10/h1-3,5-6,11H,4,7-9H2,(H,14,15). The molecule has 17 heavy (non-hydrogen) atoms. The van der Waals surface area contributed by atoms with E-state index >= 15 is 0 Å². The van der Waals surface area contributed by atoms with Crippen LogP contribution in [0.3, 0.4) is 0 Å². The molecule has 2 rings (SSSR count). The average molecular weight is 258 g/mol. The van der Waals surface area contributed by atoms with Gasteiger partial charge in [0.15, 0.2) is 0 Å². The Morgan fingerprint density at radius 3 is 2.71 bits per heavy atom. The molecule has 1 saturated carbocycles. The fourth-order valence-electron chi connectivity index (χ4n) is 2.44. The molecule has 94 valence electrons. The molecular formula is C12H15FO3S. The summed E-state index contributed by atoms with van der Waals surface area (Å²) >= 11 is -2.38. The van der Waals surface area contributed by atoms with Gasteiger partial charge in [0.2, 0.25) is 0 Å². The highest BCUT2D eigenvalue weighted by Gasteiger charge is 2.41. The summed E-state index contributed by atoms with van der Waals surface area (Å²) < 4.78 is 38.5. The highest BCUT2D eigenvalue weighted by molar-refractivity contribution is 7.74. The molecule has 0 bridgehead atoms. The lowest BCUT2D eigenvalue weighted by Crippen LogP contribution is -2.37. The van der Waals surface area contributed by atoms with Crippen molar-refractivity contribution in [2.75, 3.05) is 0 Å². The molecule has 0 spiro atoms. The van der Waals surface area contributed by atoms with Crippen molar-refractivity contribution in [1.82, 2.24) is 0 Å². The monoisotopic (exact) mass is 258 g/mol. The minimum atomic E-state index is -2.38. The molecule has 1 aromatic carbocycles. The molecule has 1 aliphatic rings. The molecule has 1 N–H and O–H groups in total. The van der Waals surface area contributed by atoms with Crippen LogP contribution in [0.4, 0.5) is 4.39 Å². The number of rotatable bonds is 3. The van der Waals surface area contributed by atoms with Crippen molar-refractivity contribution in [3.8, 4) is 0 Å². The van der Waals surface area contributed by atoms with E-state index < -0.39 is 23.1 Å². The van der Waals surface area contributed by atoms with Crippen LogP contribution in [0.1, 0.15) is 31.2 Å². The summed E-state index contributed by atoms with van der Waals surface area (Å²) in [4.78, 5) is 0. The van der Waals surface area contributed by atoms with Gasteiger partial charge in [-0.25, -0.2) is 4.39 Å². The summed E-state index contributed by atoms with van der Waals surface area (Å²) in [5.74, 6) is 0. The first-order valence-electron chi connectivity index (χ1n) is 5.62. The van der Waals surface area contributed by atoms with Crippen LogP contribution < -0.4 is 0 Å². The molecule has 1 aliphatic carbocycles. The van der Waals surface area contributed by atoms with E-state index in [0.717, 1.165) is 5.56 Å². The van der Waals surface area contributed by atoms with Gasteiger partial charge in [0.25, 0.3) is 0 Å². The lowest BCUT2D eigenvalue weighted by Gasteiger charge is -2.37. The maximum Gasteiger partial charge on any atom is 0.302 e. The van der Waals surface area contributed by atoms with Gasteiger partial charge in [0.1, 0.15) is 11.8 Å². The van der Waals surface area contributed by atoms with Gasteiger partial charge in [-0.3, -0.25) is 8.74 Å². The second-order valence-corrected chi connectivity index (χ2v) is 4.96. The van der Waals surface area contributed by atoms with Crippen molar-refractivity contribution in [3.05, 3.63) is 35.9 Å². The third-order valence-electron chi connectivity index (χ3n) is 3.18. The molecule has 3 nitrogen and oxygen atoms in total. The van der Waals surface area contributed by atoms with E-state index in [-0.39, 0.29) is 6.42 Å². The zero-order chi connectivity index (χ0) is 12.3. The Morgan fingerprint density at radius 1 is 1.41 bits per heavy atom. The second-order valence-electron chi connectivity index (χ2n) is 4.35. The number of hydrogen-bond donors (Lipinski definition) is 1. The van der Waals surface area contributed by atoms with Gasteiger partial charge in [0.05, 0.1) is 0 Å². The van der Waals surface area contributed by atoms with Gasteiger partial charge >= 0.3 is 11.4 Å². The van der Waals surface area contributed by atoms with E-state index in [1.807, 2.05) is 30.3 Å². The van der Waals surface area contributed by atoms with Crippen molar-refractivity contribution in [2.24, 2.45) is 0 Å². The van der Waals surface area contributed by atoms with Crippen LogP contribution in [0.5, 0.6) is 0 Å². The molecule has 3 unspecified atom stereocenters. The zero-order valence-electron chi connectivity index (χ0n) is 9.34. The number of hydrogen-bond acceptors (Lipinski definition) is 2. The Morgan fingerprint density at radius 2 is 2.12 bits per heavy atom. The van der Waals surface area contributed by atoms with Gasteiger partial charge in [-0.2, -0.15) is 4.21 Å². The smallest absolute Gasteiger partial charge is 0.284 e.